The molecule has 4 nitrogen and oxygen atoms in total. The van der Waals surface area contributed by atoms with Gasteiger partial charge in [-0.2, -0.15) is 0 Å². The van der Waals surface area contributed by atoms with Crippen LogP contribution in [0, 0.1) is 11.8 Å². The molecule has 1 saturated heterocycles. The summed E-state index contributed by atoms with van der Waals surface area (Å²) in [5, 5.41) is 6.36. The maximum absolute atomic E-state index is 12.0. The van der Waals surface area contributed by atoms with Crippen molar-refractivity contribution in [3.63, 3.8) is 0 Å². The van der Waals surface area contributed by atoms with Crippen LogP contribution >= 0.6 is 0 Å². The van der Waals surface area contributed by atoms with E-state index in [0.717, 1.165) is 32.6 Å². The molecule has 0 spiro atoms. The van der Waals surface area contributed by atoms with E-state index in [4.69, 9.17) is 0 Å². The van der Waals surface area contributed by atoms with Crippen molar-refractivity contribution < 1.29 is 4.79 Å². The van der Waals surface area contributed by atoms with Gasteiger partial charge in [-0.25, -0.2) is 0 Å². The molecular formula is C11H23N3O. The summed E-state index contributed by atoms with van der Waals surface area (Å²) in [6.07, 6.45) is 1.02. The molecule has 2 N–H and O–H groups in total. The van der Waals surface area contributed by atoms with Gasteiger partial charge in [0.2, 0.25) is 5.91 Å². The van der Waals surface area contributed by atoms with E-state index in [1.807, 2.05) is 19.0 Å². The molecule has 1 amide bonds. The van der Waals surface area contributed by atoms with Gasteiger partial charge in [0, 0.05) is 20.1 Å². The molecular weight excluding hydrogens is 190 g/mol. The third-order valence-electron chi connectivity index (χ3n) is 3.13. The molecule has 1 rings (SSSR count). The van der Waals surface area contributed by atoms with Crippen molar-refractivity contribution in [3.8, 4) is 0 Å². The number of hydrogen-bond donors (Lipinski definition) is 2. The smallest absolute Gasteiger partial charge is 0.227 e. The molecule has 0 radical (unpaired) electrons. The van der Waals surface area contributed by atoms with Gasteiger partial charge in [-0.15, -0.1) is 0 Å². The summed E-state index contributed by atoms with van der Waals surface area (Å²) in [5.74, 6) is 0.956. The van der Waals surface area contributed by atoms with Gasteiger partial charge in [0.25, 0.3) is 0 Å². The summed E-state index contributed by atoms with van der Waals surface area (Å²) in [6.45, 7) is 5.78. The summed E-state index contributed by atoms with van der Waals surface area (Å²) >= 11 is 0. The highest BCUT2D eigenvalue weighted by Gasteiger charge is 2.31. The lowest BCUT2D eigenvalue weighted by Gasteiger charge is -2.22. The molecule has 0 aromatic heterocycles. The first-order valence-corrected chi connectivity index (χ1v) is 5.77. The second-order valence-electron chi connectivity index (χ2n) is 4.46. The number of nitrogens with one attached hydrogen (secondary N) is 2. The molecule has 0 saturated carbocycles. The van der Waals surface area contributed by atoms with Crippen molar-refractivity contribution in [1.82, 2.24) is 15.5 Å². The molecule has 4 heteroatoms. The Morgan fingerprint density at radius 3 is 2.80 bits per heavy atom. The van der Waals surface area contributed by atoms with E-state index in [1.165, 1.54) is 0 Å². The first-order chi connectivity index (χ1) is 7.16. The van der Waals surface area contributed by atoms with Crippen LogP contribution in [0.25, 0.3) is 0 Å². The summed E-state index contributed by atoms with van der Waals surface area (Å²) < 4.78 is 0. The number of amides is 1. The third-order valence-corrected chi connectivity index (χ3v) is 3.13. The molecule has 0 bridgehead atoms. The maximum Gasteiger partial charge on any atom is 0.227 e. The fraction of sp³-hybridized carbons (Fsp3) is 0.909. The summed E-state index contributed by atoms with van der Waals surface area (Å²) in [6, 6.07) is 0. The van der Waals surface area contributed by atoms with E-state index in [1.54, 1.807) is 0 Å². The van der Waals surface area contributed by atoms with Crippen molar-refractivity contribution in [2.24, 2.45) is 11.8 Å². The fourth-order valence-electron chi connectivity index (χ4n) is 2.03. The van der Waals surface area contributed by atoms with Gasteiger partial charge in [0.1, 0.15) is 0 Å². The zero-order valence-electron chi connectivity index (χ0n) is 10.0. The Balaban J connectivity index is 2.31. The molecule has 2 atom stereocenters. The van der Waals surface area contributed by atoms with Gasteiger partial charge < -0.3 is 15.5 Å². The van der Waals surface area contributed by atoms with Crippen LogP contribution in [0.15, 0.2) is 0 Å². The monoisotopic (exact) mass is 213 g/mol. The first kappa shape index (κ1) is 12.5. The van der Waals surface area contributed by atoms with E-state index in [-0.39, 0.29) is 5.92 Å². The van der Waals surface area contributed by atoms with Crippen LogP contribution in [0.5, 0.6) is 0 Å². The summed E-state index contributed by atoms with van der Waals surface area (Å²) in [5.41, 5.74) is 0. The first-order valence-electron chi connectivity index (χ1n) is 5.77. The third kappa shape index (κ3) is 3.47. The number of rotatable bonds is 5. The highest BCUT2D eigenvalue weighted by molar-refractivity contribution is 5.79. The Kier molecular flexibility index (Phi) is 5.05. The van der Waals surface area contributed by atoms with E-state index < -0.39 is 0 Å². The van der Waals surface area contributed by atoms with Gasteiger partial charge in [-0.3, -0.25) is 4.79 Å². The maximum atomic E-state index is 12.0. The molecule has 88 valence electrons. The van der Waals surface area contributed by atoms with Crippen LogP contribution in [0.1, 0.15) is 13.3 Å². The average molecular weight is 213 g/mol. The van der Waals surface area contributed by atoms with Crippen LogP contribution in [0.4, 0.5) is 0 Å². The lowest BCUT2D eigenvalue weighted by atomic mass is 9.97. The van der Waals surface area contributed by atoms with Crippen molar-refractivity contribution in [2.45, 2.75) is 13.3 Å². The second-order valence-corrected chi connectivity index (χ2v) is 4.46. The minimum Gasteiger partial charge on any atom is -0.345 e. The Labute approximate surface area is 92.4 Å². The number of carbonyl (C=O) groups excluding carboxylic acids is 1. The van der Waals surface area contributed by atoms with Gasteiger partial charge in [-0.05, 0) is 32.5 Å². The predicted molar refractivity (Wildman–Crippen MR) is 61.7 cm³/mol. The minimum atomic E-state index is 0.185. The zero-order chi connectivity index (χ0) is 11.3. The molecule has 15 heavy (non-hydrogen) atoms. The number of carbonyl (C=O) groups is 1. The lowest BCUT2D eigenvalue weighted by molar-refractivity contribution is -0.134. The van der Waals surface area contributed by atoms with Crippen LogP contribution in [-0.4, -0.2) is 51.1 Å². The van der Waals surface area contributed by atoms with E-state index in [9.17, 15) is 4.79 Å². The number of nitrogens with zero attached hydrogens (tertiary/aromatic N) is 1. The van der Waals surface area contributed by atoms with Gasteiger partial charge in [-0.1, -0.05) is 6.92 Å². The Hall–Kier alpha value is -0.610. The molecule has 0 aromatic carbocycles. The van der Waals surface area contributed by atoms with Crippen LogP contribution in [0.3, 0.4) is 0 Å². The average Bonchev–Trinajstić information content (AvgIpc) is 2.63. The largest absolute Gasteiger partial charge is 0.345 e. The van der Waals surface area contributed by atoms with Gasteiger partial charge in [0.05, 0.1) is 5.92 Å². The van der Waals surface area contributed by atoms with Crippen LogP contribution in [-0.2, 0) is 4.79 Å². The highest BCUT2D eigenvalue weighted by atomic mass is 16.2. The van der Waals surface area contributed by atoms with Crippen molar-refractivity contribution >= 4 is 5.91 Å². The van der Waals surface area contributed by atoms with E-state index >= 15 is 0 Å². The molecule has 1 aliphatic rings. The minimum absolute atomic E-state index is 0.185. The Bertz CT molecular complexity index is 208. The fourth-order valence-corrected chi connectivity index (χ4v) is 2.03. The van der Waals surface area contributed by atoms with E-state index in [2.05, 4.69) is 17.6 Å². The Morgan fingerprint density at radius 2 is 2.27 bits per heavy atom. The molecule has 1 aliphatic heterocycles. The van der Waals surface area contributed by atoms with Gasteiger partial charge in [0.15, 0.2) is 0 Å². The summed E-state index contributed by atoms with van der Waals surface area (Å²) in [7, 11) is 3.84. The highest BCUT2D eigenvalue weighted by Crippen LogP contribution is 2.17. The topological polar surface area (TPSA) is 44.4 Å². The molecule has 0 unspecified atom stereocenters. The quantitative estimate of drug-likeness (QED) is 0.627. The molecule has 0 aliphatic carbocycles. The SMILES string of the molecule is CNCCCN(C)C(=O)[C@@H]1CNC[C@H]1C. The molecule has 1 heterocycles. The predicted octanol–water partition coefficient (Wildman–Crippen LogP) is -0.0902. The molecule has 0 aromatic rings. The standard InChI is InChI=1S/C11H23N3O/c1-9-7-13-8-10(9)11(15)14(3)6-4-5-12-2/h9-10,12-13H,4-8H2,1-3H3/t9-,10-/m1/s1. The van der Waals surface area contributed by atoms with Crippen LogP contribution in [0.2, 0.25) is 0 Å². The van der Waals surface area contributed by atoms with Crippen molar-refractivity contribution in [3.05, 3.63) is 0 Å². The second kappa shape index (κ2) is 6.08. The van der Waals surface area contributed by atoms with Gasteiger partial charge >= 0.3 is 0 Å². The Morgan fingerprint density at radius 1 is 1.53 bits per heavy atom. The van der Waals surface area contributed by atoms with E-state index in [0.29, 0.717) is 11.8 Å². The normalized spacial score (nSPS) is 25.5. The summed E-state index contributed by atoms with van der Waals surface area (Å²) in [4.78, 5) is 13.9. The molecule has 1 fully saturated rings. The number of hydrogen-bond acceptors (Lipinski definition) is 3. The van der Waals surface area contributed by atoms with Crippen molar-refractivity contribution in [1.29, 1.82) is 0 Å². The lowest BCUT2D eigenvalue weighted by Crippen LogP contribution is -2.37. The van der Waals surface area contributed by atoms with Crippen LogP contribution < -0.4 is 10.6 Å². The van der Waals surface area contributed by atoms with Crippen molar-refractivity contribution in [2.75, 3.05) is 40.3 Å². The zero-order valence-corrected chi connectivity index (χ0v) is 10.0.